The highest BCUT2D eigenvalue weighted by Gasteiger charge is 2.26. The van der Waals surface area contributed by atoms with E-state index in [4.69, 9.17) is 4.42 Å². The summed E-state index contributed by atoms with van der Waals surface area (Å²) in [6, 6.07) is 7.98. The predicted octanol–water partition coefficient (Wildman–Crippen LogP) is 1.28. The number of aromatic nitrogens is 1. The second kappa shape index (κ2) is 10.7. The standard InChI is InChI=1S/C22H27FN6O3/c1-3-27(14-20(30)25-13-17-4-6-18(23)7-5-17)15-21(31)28-8-10-29(11-9-28)22-19(12-24)26-16(2)32-22/h4-7H,3,8-11,13-15H2,1-2H3,(H,25,30). The van der Waals surface area contributed by atoms with Gasteiger partial charge in [-0.05, 0) is 24.2 Å². The molecule has 1 aromatic carbocycles. The fraction of sp³-hybridized carbons (Fsp3) is 0.455. The van der Waals surface area contributed by atoms with Crippen molar-refractivity contribution in [3.8, 4) is 6.07 Å². The molecule has 32 heavy (non-hydrogen) atoms. The number of nitrogens with one attached hydrogen (secondary N) is 1. The third-order valence-corrected chi connectivity index (χ3v) is 5.32. The summed E-state index contributed by atoms with van der Waals surface area (Å²) in [5.41, 5.74) is 1.06. The Morgan fingerprint density at radius 3 is 2.53 bits per heavy atom. The Labute approximate surface area is 186 Å². The third kappa shape index (κ3) is 6.04. The van der Waals surface area contributed by atoms with E-state index in [1.807, 2.05) is 17.9 Å². The Balaban J connectivity index is 1.45. The van der Waals surface area contributed by atoms with Gasteiger partial charge < -0.3 is 19.5 Å². The van der Waals surface area contributed by atoms with Gasteiger partial charge in [-0.15, -0.1) is 0 Å². The Kier molecular flexibility index (Phi) is 7.78. The summed E-state index contributed by atoms with van der Waals surface area (Å²) in [5.74, 6) is 0.320. The van der Waals surface area contributed by atoms with Gasteiger partial charge in [0.05, 0.1) is 13.1 Å². The minimum atomic E-state index is -0.321. The summed E-state index contributed by atoms with van der Waals surface area (Å²) in [7, 11) is 0. The first-order chi connectivity index (χ1) is 15.4. The van der Waals surface area contributed by atoms with Gasteiger partial charge in [-0.25, -0.2) is 9.37 Å². The highest BCUT2D eigenvalue weighted by molar-refractivity contribution is 5.81. The Morgan fingerprint density at radius 2 is 1.91 bits per heavy atom. The average Bonchev–Trinajstić information content (AvgIpc) is 3.19. The highest BCUT2D eigenvalue weighted by Crippen LogP contribution is 2.22. The zero-order valence-electron chi connectivity index (χ0n) is 18.3. The lowest BCUT2D eigenvalue weighted by Gasteiger charge is -2.35. The van der Waals surface area contributed by atoms with Crippen molar-refractivity contribution >= 4 is 17.7 Å². The largest absolute Gasteiger partial charge is 0.424 e. The molecule has 0 saturated carbocycles. The number of oxazole rings is 1. The van der Waals surface area contributed by atoms with Gasteiger partial charge >= 0.3 is 0 Å². The van der Waals surface area contributed by atoms with E-state index in [0.29, 0.717) is 51.0 Å². The quantitative estimate of drug-likeness (QED) is 0.656. The molecule has 1 saturated heterocycles. The van der Waals surface area contributed by atoms with Crippen molar-refractivity contribution in [1.29, 1.82) is 5.26 Å². The summed E-state index contributed by atoms with van der Waals surface area (Å²) in [6.07, 6.45) is 0. The van der Waals surface area contributed by atoms with Crippen molar-refractivity contribution in [3.63, 3.8) is 0 Å². The lowest BCUT2D eigenvalue weighted by atomic mass is 10.2. The number of halogens is 1. The summed E-state index contributed by atoms with van der Waals surface area (Å²) < 4.78 is 18.5. The van der Waals surface area contributed by atoms with Gasteiger partial charge in [0.15, 0.2) is 5.89 Å². The Morgan fingerprint density at radius 1 is 1.22 bits per heavy atom. The summed E-state index contributed by atoms with van der Waals surface area (Å²) >= 11 is 0. The van der Waals surface area contributed by atoms with E-state index in [0.717, 1.165) is 5.56 Å². The highest BCUT2D eigenvalue weighted by atomic mass is 19.1. The lowest BCUT2D eigenvalue weighted by molar-refractivity contribution is -0.133. The van der Waals surface area contributed by atoms with Gasteiger partial charge in [0.1, 0.15) is 11.9 Å². The van der Waals surface area contributed by atoms with Gasteiger partial charge in [-0.1, -0.05) is 19.1 Å². The molecule has 0 bridgehead atoms. The molecule has 2 amide bonds. The third-order valence-electron chi connectivity index (χ3n) is 5.32. The maximum atomic E-state index is 13.0. The van der Waals surface area contributed by atoms with Crippen LogP contribution in [0, 0.1) is 24.1 Å². The van der Waals surface area contributed by atoms with Gasteiger partial charge in [0, 0.05) is 39.6 Å². The zero-order valence-corrected chi connectivity index (χ0v) is 18.3. The number of hydrogen-bond donors (Lipinski definition) is 1. The molecule has 3 rings (SSSR count). The van der Waals surface area contributed by atoms with Gasteiger partial charge in [-0.3, -0.25) is 14.5 Å². The number of likely N-dealkylation sites (N-methyl/N-ethyl adjacent to an activating group) is 1. The van der Waals surface area contributed by atoms with Crippen molar-refractivity contribution in [3.05, 3.63) is 47.2 Å². The molecule has 9 nitrogen and oxygen atoms in total. The van der Waals surface area contributed by atoms with Crippen LogP contribution in [0.25, 0.3) is 0 Å². The van der Waals surface area contributed by atoms with Crippen LogP contribution in [0.2, 0.25) is 0 Å². The molecule has 0 spiro atoms. The van der Waals surface area contributed by atoms with Crippen LogP contribution in [0.5, 0.6) is 0 Å². The van der Waals surface area contributed by atoms with E-state index in [1.54, 1.807) is 28.9 Å². The molecule has 170 valence electrons. The van der Waals surface area contributed by atoms with E-state index in [1.165, 1.54) is 12.1 Å². The van der Waals surface area contributed by atoms with E-state index in [2.05, 4.69) is 10.3 Å². The lowest BCUT2D eigenvalue weighted by Crippen LogP contribution is -2.52. The molecular formula is C22H27FN6O3. The maximum Gasteiger partial charge on any atom is 0.236 e. The number of hydrogen-bond acceptors (Lipinski definition) is 7. The smallest absolute Gasteiger partial charge is 0.236 e. The molecule has 2 heterocycles. The van der Waals surface area contributed by atoms with Crippen molar-refractivity contribution < 1.29 is 18.4 Å². The number of nitriles is 1. The second-order valence-electron chi connectivity index (χ2n) is 7.57. The number of benzene rings is 1. The fourth-order valence-electron chi connectivity index (χ4n) is 3.50. The van der Waals surface area contributed by atoms with Crippen LogP contribution in [-0.2, 0) is 16.1 Å². The van der Waals surface area contributed by atoms with Gasteiger partial charge in [-0.2, -0.15) is 5.26 Å². The second-order valence-corrected chi connectivity index (χ2v) is 7.57. The number of nitrogens with zero attached hydrogens (tertiary/aromatic N) is 5. The SMILES string of the molecule is CCN(CC(=O)NCc1ccc(F)cc1)CC(=O)N1CCN(c2oc(C)nc2C#N)CC1. The number of piperazine rings is 1. The van der Waals surface area contributed by atoms with Crippen molar-refractivity contribution in [2.75, 3.05) is 50.7 Å². The number of carbonyl (C=O) groups is 2. The summed E-state index contributed by atoms with van der Waals surface area (Å²) in [4.78, 5) is 34.5. The van der Waals surface area contributed by atoms with Crippen LogP contribution >= 0.6 is 0 Å². The Hall–Kier alpha value is -3.45. The zero-order chi connectivity index (χ0) is 23.1. The topological polar surface area (TPSA) is 106 Å². The van der Waals surface area contributed by atoms with Crippen molar-refractivity contribution in [1.82, 2.24) is 20.1 Å². The molecule has 0 unspecified atom stereocenters. The van der Waals surface area contributed by atoms with Crippen LogP contribution in [0.1, 0.15) is 24.1 Å². The van der Waals surface area contributed by atoms with Gasteiger partial charge in [0.2, 0.25) is 23.4 Å². The predicted molar refractivity (Wildman–Crippen MR) is 115 cm³/mol. The molecule has 1 N–H and O–H groups in total. The molecule has 0 radical (unpaired) electrons. The molecule has 1 fully saturated rings. The molecule has 2 aromatic rings. The number of anilines is 1. The Bertz CT molecular complexity index is 977. The molecule has 10 heteroatoms. The van der Waals surface area contributed by atoms with Crippen LogP contribution in [-0.4, -0.2) is 72.4 Å². The first-order valence-corrected chi connectivity index (χ1v) is 10.5. The fourth-order valence-corrected chi connectivity index (χ4v) is 3.50. The van der Waals surface area contributed by atoms with Crippen molar-refractivity contribution in [2.24, 2.45) is 0 Å². The van der Waals surface area contributed by atoms with E-state index >= 15 is 0 Å². The molecule has 1 aliphatic rings. The van der Waals surface area contributed by atoms with Crippen LogP contribution in [0.4, 0.5) is 10.3 Å². The van der Waals surface area contributed by atoms with E-state index in [-0.39, 0.29) is 36.4 Å². The number of amides is 2. The molecular weight excluding hydrogens is 415 g/mol. The first-order valence-electron chi connectivity index (χ1n) is 10.5. The number of rotatable bonds is 8. The van der Waals surface area contributed by atoms with Gasteiger partial charge in [0.25, 0.3) is 0 Å². The summed E-state index contributed by atoms with van der Waals surface area (Å²) in [6.45, 7) is 6.77. The minimum Gasteiger partial charge on any atom is -0.424 e. The first kappa shape index (κ1) is 23.2. The summed E-state index contributed by atoms with van der Waals surface area (Å²) in [5, 5.41) is 12.0. The van der Waals surface area contributed by atoms with Crippen LogP contribution < -0.4 is 10.2 Å². The van der Waals surface area contributed by atoms with Crippen LogP contribution in [0.15, 0.2) is 28.7 Å². The molecule has 0 aliphatic carbocycles. The average molecular weight is 442 g/mol. The van der Waals surface area contributed by atoms with Crippen molar-refractivity contribution in [2.45, 2.75) is 20.4 Å². The number of aryl methyl sites for hydroxylation is 1. The normalized spacial score (nSPS) is 13.8. The van der Waals surface area contributed by atoms with E-state index in [9.17, 15) is 19.2 Å². The monoisotopic (exact) mass is 442 g/mol. The molecule has 0 atom stereocenters. The van der Waals surface area contributed by atoms with Crippen LogP contribution in [0.3, 0.4) is 0 Å². The minimum absolute atomic E-state index is 0.0490. The van der Waals surface area contributed by atoms with E-state index < -0.39 is 0 Å². The molecule has 1 aromatic heterocycles. The number of carbonyl (C=O) groups excluding carboxylic acids is 2. The molecule has 1 aliphatic heterocycles. The maximum absolute atomic E-state index is 13.0.